The van der Waals surface area contributed by atoms with Crippen molar-refractivity contribution in [3.63, 3.8) is 0 Å². The van der Waals surface area contributed by atoms with Gasteiger partial charge in [0.15, 0.2) is 0 Å². The summed E-state index contributed by atoms with van der Waals surface area (Å²) in [4.78, 5) is 43.3. The second-order valence-corrected chi connectivity index (χ2v) is 11.7. The zero-order valence-corrected chi connectivity index (χ0v) is 21.3. The summed E-state index contributed by atoms with van der Waals surface area (Å²) in [7, 11) is -2.92. The molecule has 0 spiro atoms. The van der Waals surface area contributed by atoms with Crippen molar-refractivity contribution in [1.29, 1.82) is 0 Å². The topological polar surface area (TPSA) is 102 Å². The van der Waals surface area contributed by atoms with Crippen molar-refractivity contribution in [1.82, 2.24) is 0 Å². The summed E-state index contributed by atoms with van der Waals surface area (Å²) in [6.45, 7) is 6.52. The number of esters is 2. The van der Waals surface area contributed by atoms with E-state index in [9.17, 15) is 19.2 Å². The van der Waals surface area contributed by atoms with E-state index in [2.05, 4.69) is 0 Å². The molecule has 2 aromatic carbocycles. The lowest BCUT2D eigenvalue weighted by atomic mass is 10.1. The molecule has 8 heteroatoms. The maximum absolute atomic E-state index is 12.4. The van der Waals surface area contributed by atoms with E-state index in [0.29, 0.717) is 47.8 Å². The van der Waals surface area contributed by atoms with Crippen LogP contribution >= 0.6 is 0 Å². The Balaban J connectivity index is 1.73. The molecule has 0 heterocycles. The highest BCUT2D eigenvalue weighted by atomic mass is 28.4. The van der Waals surface area contributed by atoms with Gasteiger partial charge in [0.2, 0.25) is 0 Å². The molecular weight excluding hydrogens is 452 g/mol. The molecule has 0 aliphatic rings. The van der Waals surface area contributed by atoms with Crippen LogP contribution in [0.2, 0.25) is 12.6 Å². The summed E-state index contributed by atoms with van der Waals surface area (Å²) >= 11 is 0. The van der Waals surface area contributed by atoms with E-state index in [0.717, 1.165) is 32.1 Å². The average Bonchev–Trinajstić information content (AvgIpc) is 2.81. The summed E-state index contributed by atoms with van der Waals surface area (Å²) in [5.41, 5.74) is 0.802. The fourth-order valence-corrected chi connectivity index (χ4v) is 3.96. The number of unbranched alkanes of at least 4 members (excludes halogenated alkanes) is 3. The quantitative estimate of drug-likeness (QED) is 0.165. The van der Waals surface area contributed by atoms with Crippen molar-refractivity contribution in [3.05, 3.63) is 59.7 Å². The van der Waals surface area contributed by atoms with Crippen LogP contribution in [0.15, 0.2) is 48.5 Å². The summed E-state index contributed by atoms with van der Waals surface area (Å²) in [6, 6.07) is 13.5. The van der Waals surface area contributed by atoms with Gasteiger partial charge in [0.25, 0.3) is 0 Å². The first kappa shape index (κ1) is 27.6. The highest BCUT2D eigenvalue weighted by Crippen LogP contribution is 2.18. The molecule has 2 N–H and O–H groups in total. The molecule has 2 aromatic rings. The number of carbonyl (C=O) groups excluding carboxylic acids is 2. The van der Waals surface area contributed by atoms with E-state index in [4.69, 9.17) is 14.2 Å². The smallest absolute Gasteiger partial charge is 0.343 e. The molecule has 0 aliphatic carbocycles. The monoisotopic (exact) mass is 488 g/mol. The summed E-state index contributed by atoms with van der Waals surface area (Å²) in [5, 5.41) is 0. The summed E-state index contributed by atoms with van der Waals surface area (Å²) in [5.74, 6) is 0.427. The second kappa shape index (κ2) is 13.9. The third-order valence-corrected chi connectivity index (χ3v) is 6.70. The lowest BCUT2D eigenvalue weighted by Gasteiger charge is -2.11. The zero-order chi connectivity index (χ0) is 25.0. The molecule has 0 bridgehead atoms. The Labute approximate surface area is 202 Å². The van der Waals surface area contributed by atoms with E-state index in [1.54, 1.807) is 48.5 Å². The van der Waals surface area contributed by atoms with Gasteiger partial charge >= 0.3 is 20.5 Å². The Bertz CT molecular complexity index is 889. The Morgan fingerprint density at radius 1 is 0.853 bits per heavy atom. The Hall–Kier alpha value is -2.68. The molecule has 34 heavy (non-hydrogen) atoms. The first-order valence-corrected chi connectivity index (χ1v) is 14.4. The second-order valence-electron chi connectivity index (χ2n) is 8.78. The molecule has 0 saturated heterocycles. The lowest BCUT2D eigenvalue weighted by Crippen LogP contribution is -2.29. The van der Waals surface area contributed by atoms with E-state index >= 15 is 0 Å². The molecule has 186 valence electrons. The van der Waals surface area contributed by atoms with E-state index in [1.807, 2.05) is 13.8 Å². The third kappa shape index (κ3) is 10.5. The van der Waals surface area contributed by atoms with E-state index in [1.165, 1.54) is 6.55 Å². The van der Waals surface area contributed by atoms with Crippen LogP contribution in [0.5, 0.6) is 11.5 Å². The van der Waals surface area contributed by atoms with Crippen LogP contribution in [0.4, 0.5) is 0 Å². The van der Waals surface area contributed by atoms with Gasteiger partial charge < -0.3 is 23.8 Å². The standard InChI is InChI=1S/C26H36O7Si/c1-4-20(2)19-32-25(27)21-11-15-24(16-12-21)33-26(28)22-9-13-23(14-10-22)31-17-7-5-6-8-18-34(3,29)30/h9-16,20,29-30H,4-8,17-19H2,1-3H3/t20-/m1/s1. The van der Waals surface area contributed by atoms with Crippen molar-refractivity contribution in [2.45, 2.75) is 58.5 Å². The van der Waals surface area contributed by atoms with E-state index < -0.39 is 20.5 Å². The molecule has 0 saturated carbocycles. The summed E-state index contributed by atoms with van der Waals surface area (Å²) in [6.07, 6.45) is 4.53. The lowest BCUT2D eigenvalue weighted by molar-refractivity contribution is 0.0447. The molecule has 0 radical (unpaired) electrons. The minimum absolute atomic E-state index is 0.309. The molecule has 7 nitrogen and oxygen atoms in total. The van der Waals surface area contributed by atoms with Crippen molar-refractivity contribution in [3.8, 4) is 11.5 Å². The molecular formula is C26H36O7Si. The van der Waals surface area contributed by atoms with Gasteiger partial charge in [-0.15, -0.1) is 0 Å². The molecule has 0 amide bonds. The van der Waals surface area contributed by atoms with Gasteiger partial charge in [-0.2, -0.15) is 0 Å². The minimum Gasteiger partial charge on any atom is -0.494 e. The van der Waals surface area contributed by atoms with Crippen LogP contribution < -0.4 is 9.47 Å². The fraction of sp³-hybridized carbons (Fsp3) is 0.462. The number of hydrogen-bond acceptors (Lipinski definition) is 7. The van der Waals surface area contributed by atoms with Crippen molar-refractivity contribution in [2.24, 2.45) is 5.92 Å². The van der Waals surface area contributed by atoms with Crippen molar-refractivity contribution >= 4 is 20.5 Å². The van der Waals surface area contributed by atoms with Crippen LogP contribution in [0.1, 0.15) is 66.7 Å². The maximum atomic E-state index is 12.4. The zero-order valence-electron chi connectivity index (χ0n) is 20.3. The van der Waals surface area contributed by atoms with Gasteiger partial charge in [-0.1, -0.05) is 39.5 Å². The first-order valence-electron chi connectivity index (χ1n) is 11.8. The van der Waals surface area contributed by atoms with Gasteiger partial charge in [0.1, 0.15) is 11.5 Å². The van der Waals surface area contributed by atoms with Crippen molar-refractivity contribution in [2.75, 3.05) is 13.2 Å². The molecule has 1 atom stereocenters. The van der Waals surface area contributed by atoms with Crippen LogP contribution in [-0.2, 0) is 4.74 Å². The maximum Gasteiger partial charge on any atom is 0.343 e. The number of rotatable bonds is 14. The minimum atomic E-state index is -2.92. The van der Waals surface area contributed by atoms with Gasteiger partial charge in [0.05, 0.1) is 24.3 Å². The predicted molar refractivity (Wildman–Crippen MR) is 132 cm³/mol. The first-order chi connectivity index (χ1) is 16.2. The Morgan fingerprint density at radius 3 is 2.00 bits per heavy atom. The molecule has 0 unspecified atom stereocenters. The van der Waals surface area contributed by atoms with Crippen molar-refractivity contribution < 1.29 is 33.4 Å². The number of ether oxygens (including phenoxy) is 3. The van der Waals surface area contributed by atoms with Gasteiger partial charge in [-0.05, 0) is 73.5 Å². The summed E-state index contributed by atoms with van der Waals surface area (Å²) < 4.78 is 16.4. The van der Waals surface area contributed by atoms with Gasteiger partial charge in [0, 0.05) is 0 Å². The van der Waals surface area contributed by atoms with E-state index in [-0.39, 0.29) is 0 Å². The highest BCUT2D eigenvalue weighted by Gasteiger charge is 2.19. The Morgan fingerprint density at radius 2 is 1.41 bits per heavy atom. The van der Waals surface area contributed by atoms with Gasteiger partial charge in [-0.3, -0.25) is 0 Å². The molecule has 0 aliphatic heterocycles. The predicted octanol–water partition coefficient (Wildman–Crippen LogP) is 5.10. The van der Waals surface area contributed by atoms with Crippen LogP contribution in [0.25, 0.3) is 0 Å². The normalized spacial score (nSPS) is 12.1. The third-order valence-electron chi connectivity index (χ3n) is 5.40. The largest absolute Gasteiger partial charge is 0.494 e. The number of hydrogen-bond donors (Lipinski definition) is 2. The number of benzene rings is 2. The molecule has 0 fully saturated rings. The average molecular weight is 489 g/mol. The molecule has 0 aromatic heterocycles. The Kier molecular flexibility index (Phi) is 11.3. The van der Waals surface area contributed by atoms with Crippen LogP contribution in [-0.4, -0.2) is 43.3 Å². The SMILES string of the molecule is CC[C@@H](C)COC(=O)c1ccc(OC(=O)c2ccc(OCCCCCC[Si](C)(O)O)cc2)cc1. The molecule has 2 rings (SSSR count). The van der Waals surface area contributed by atoms with Crippen LogP contribution in [0, 0.1) is 5.92 Å². The van der Waals surface area contributed by atoms with Gasteiger partial charge in [-0.25, -0.2) is 9.59 Å². The fourth-order valence-electron chi connectivity index (χ4n) is 3.04. The number of carbonyl (C=O) groups is 2. The van der Waals surface area contributed by atoms with Crippen LogP contribution in [0.3, 0.4) is 0 Å². The highest BCUT2D eigenvalue weighted by molar-refractivity contribution is 6.63.